The normalized spacial score (nSPS) is 12.2. The van der Waals surface area contributed by atoms with Gasteiger partial charge in [0, 0.05) is 5.56 Å². The van der Waals surface area contributed by atoms with Crippen LogP contribution < -0.4 is 15.6 Å². The summed E-state index contributed by atoms with van der Waals surface area (Å²) in [6.07, 6.45) is 0.925. The van der Waals surface area contributed by atoms with Gasteiger partial charge in [0.2, 0.25) is 0 Å². The summed E-state index contributed by atoms with van der Waals surface area (Å²) < 4.78 is 7.51. The van der Waals surface area contributed by atoms with E-state index >= 15 is 0 Å². The second-order valence-corrected chi connectivity index (χ2v) is 11.5. The van der Waals surface area contributed by atoms with E-state index in [1.165, 1.54) is 5.56 Å². The van der Waals surface area contributed by atoms with E-state index in [-0.39, 0.29) is 16.9 Å². The summed E-state index contributed by atoms with van der Waals surface area (Å²) in [7, 11) is 0. The van der Waals surface area contributed by atoms with Crippen LogP contribution in [0.1, 0.15) is 61.0 Å². The number of carbonyl (C=O) groups is 1. The Morgan fingerprint density at radius 3 is 2.20 bits per heavy atom. The standard InChI is InChI=1S/C35H35N3O3/c1-24(36-33(39)27-16-14-25(15-17-27)22-35(2,3)4)32-37-31-13-9-8-12-30(31)34(40)38(32)28-18-20-29(21-19-28)41-23-26-10-6-5-7-11-26/h5-21,24H,22-23H2,1-4H3,(H,36,39). The molecule has 208 valence electrons. The number of nitrogens with zero attached hydrogens (tertiary/aromatic N) is 2. The van der Waals surface area contributed by atoms with Crippen molar-refractivity contribution in [3.05, 3.63) is 136 Å². The molecule has 0 aliphatic rings. The molecule has 0 saturated carbocycles. The first-order valence-electron chi connectivity index (χ1n) is 13.9. The third kappa shape index (κ3) is 6.72. The minimum Gasteiger partial charge on any atom is -0.489 e. The third-order valence-corrected chi connectivity index (χ3v) is 6.83. The number of aromatic nitrogens is 2. The molecule has 0 saturated heterocycles. The van der Waals surface area contributed by atoms with Crippen molar-refractivity contribution < 1.29 is 9.53 Å². The largest absolute Gasteiger partial charge is 0.489 e. The van der Waals surface area contributed by atoms with Gasteiger partial charge in [0.1, 0.15) is 18.2 Å². The lowest BCUT2D eigenvalue weighted by molar-refractivity contribution is 0.0938. The molecule has 1 heterocycles. The first-order chi connectivity index (χ1) is 19.7. The topological polar surface area (TPSA) is 73.2 Å². The summed E-state index contributed by atoms with van der Waals surface area (Å²) in [5.74, 6) is 0.917. The van der Waals surface area contributed by atoms with Crippen molar-refractivity contribution in [3.8, 4) is 11.4 Å². The molecule has 6 nitrogen and oxygen atoms in total. The number of benzene rings is 4. The van der Waals surface area contributed by atoms with Crippen molar-refractivity contribution in [1.82, 2.24) is 14.9 Å². The van der Waals surface area contributed by atoms with Crippen LogP contribution in [0.2, 0.25) is 0 Å². The molecule has 41 heavy (non-hydrogen) atoms. The fraction of sp³-hybridized carbons (Fsp3) is 0.229. The third-order valence-electron chi connectivity index (χ3n) is 6.83. The van der Waals surface area contributed by atoms with Gasteiger partial charge in [0.25, 0.3) is 11.5 Å². The number of carbonyl (C=O) groups excluding carboxylic acids is 1. The summed E-state index contributed by atoms with van der Waals surface area (Å²) in [5, 5.41) is 3.55. The van der Waals surface area contributed by atoms with Crippen LogP contribution in [-0.2, 0) is 13.0 Å². The summed E-state index contributed by atoms with van der Waals surface area (Å²) in [6.45, 7) is 8.86. The lowest BCUT2D eigenvalue weighted by Gasteiger charge is -2.20. The molecule has 0 bridgehead atoms. The van der Waals surface area contributed by atoms with Crippen LogP contribution in [0, 0.1) is 5.41 Å². The summed E-state index contributed by atoms with van der Waals surface area (Å²) >= 11 is 0. The van der Waals surface area contributed by atoms with Crippen molar-refractivity contribution in [3.63, 3.8) is 0 Å². The van der Waals surface area contributed by atoms with Crippen LogP contribution in [0.4, 0.5) is 0 Å². The van der Waals surface area contributed by atoms with Gasteiger partial charge in [0.05, 0.1) is 22.6 Å². The van der Waals surface area contributed by atoms with E-state index in [1.54, 1.807) is 10.6 Å². The maximum atomic E-state index is 13.7. The molecule has 0 fully saturated rings. The van der Waals surface area contributed by atoms with Gasteiger partial charge in [-0.3, -0.25) is 14.2 Å². The summed E-state index contributed by atoms with van der Waals surface area (Å²) in [6, 6.07) is 31.7. The van der Waals surface area contributed by atoms with Crippen LogP contribution >= 0.6 is 0 Å². The lowest BCUT2D eigenvalue weighted by Crippen LogP contribution is -2.33. The first kappa shape index (κ1) is 27.8. The number of hydrogen-bond acceptors (Lipinski definition) is 4. The molecule has 1 amide bonds. The van der Waals surface area contributed by atoms with E-state index in [0.717, 1.165) is 12.0 Å². The maximum absolute atomic E-state index is 13.7. The minimum absolute atomic E-state index is 0.163. The molecule has 0 aliphatic carbocycles. The van der Waals surface area contributed by atoms with Crippen LogP contribution in [0.5, 0.6) is 5.75 Å². The molecule has 5 rings (SSSR count). The zero-order valence-electron chi connectivity index (χ0n) is 23.9. The Kier molecular flexibility index (Phi) is 8.02. The highest BCUT2D eigenvalue weighted by Crippen LogP contribution is 2.23. The maximum Gasteiger partial charge on any atom is 0.266 e. The number of para-hydroxylation sites is 1. The zero-order valence-corrected chi connectivity index (χ0v) is 23.9. The molecular formula is C35H35N3O3. The van der Waals surface area contributed by atoms with Gasteiger partial charge >= 0.3 is 0 Å². The van der Waals surface area contributed by atoms with E-state index in [1.807, 2.05) is 104 Å². The second-order valence-electron chi connectivity index (χ2n) is 11.5. The Hall–Kier alpha value is -4.71. The molecule has 1 unspecified atom stereocenters. The molecule has 6 heteroatoms. The van der Waals surface area contributed by atoms with E-state index in [0.29, 0.717) is 40.3 Å². The van der Waals surface area contributed by atoms with Gasteiger partial charge in [-0.25, -0.2) is 4.98 Å². The number of hydrogen-bond donors (Lipinski definition) is 1. The fourth-order valence-electron chi connectivity index (χ4n) is 4.85. The molecule has 1 aromatic heterocycles. The quantitative estimate of drug-likeness (QED) is 0.227. The van der Waals surface area contributed by atoms with Crippen LogP contribution in [0.25, 0.3) is 16.6 Å². The van der Waals surface area contributed by atoms with Gasteiger partial charge < -0.3 is 10.1 Å². The second kappa shape index (κ2) is 11.8. The monoisotopic (exact) mass is 545 g/mol. The van der Waals surface area contributed by atoms with Gasteiger partial charge in [0.15, 0.2) is 0 Å². The molecule has 5 aromatic rings. The van der Waals surface area contributed by atoms with Crippen molar-refractivity contribution in [2.75, 3.05) is 0 Å². The molecule has 1 atom stereocenters. The highest BCUT2D eigenvalue weighted by atomic mass is 16.5. The lowest BCUT2D eigenvalue weighted by atomic mass is 9.88. The van der Waals surface area contributed by atoms with Crippen molar-refractivity contribution in [1.29, 1.82) is 0 Å². The Labute approximate surface area is 240 Å². The Balaban J connectivity index is 1.42. The van der Waals surface area contributed by atoms with E-state index in [2.05, 4.69) is 26.1 Å². The zero-order chi connectivity index (χ0) is 29.0. The van der Waals surface area contributed by atoms with Crippen LogP contribution in [0.15, 0.2) is 108 Å². The van der Waals surface area contributed by atoms with Crippen molar-refractivity contribution >= 4 is 16.8 Å². The number of amides is 1. The van der Waals surface area contributed by atoms with E-state index < -0.39 is 6.04 Å². The Morgan fingerprint density at radius 2 is 1.51 bits per heavy atom. The van der Waals surface area contributed by atoms with Gasteiger partial charge in [-0.05, 0) is 78.4 Å². The van der Waals surface area contributed by atoms with Crippen LogP contribution in [0.3, 0.4) is 0 Å². The minimum atomic E-state index is -0.539. The smallest absolute Gasteiger partial charge is 0.266 e. The molecule has 0 radical (unpaired) electrons. The fourth-order valence-corrected chi connectivity index (χ4v) is 4.85. The van der Waals surface area contributed by atoms with E-state index in [4.69, 9.17) is 9.72 Å². The molecule has 0 aliphatic heterocycles. The van der Waals surface area contributed by atoms with Crippen molar-refractivity contribution in [2.45, 2.75) is 46.8 Å². The van der Waals surface area contributed by atoms with Gasteiger partial charge in [-0.2, -0.15) is 0 Å². The Morgan fingerprint density at radius 1 is 0.854 bits per heavy atom. The summed E-state index contributed by atoms with van der Waals surface area (Å²) in [5.41, 5.74) is 4.00. The predicted molar refractivity (Wildman–Crippen MR) is 164 cm³/mol. The predicted octanol–water partition coefficient (Wildman–Crippen LogP) is 7.04. The molecule has 0 spiro atoms. The SMILES string of the molecule is CC(NC(=O)c1ccc(CC(C)(C)C)cc1)c1nc2ccccc2c(=O)n1-c1ccc(OCc2ccccc2)cc1. The molecular weight excluding hydrogens is 510 g/mol. The van der Waals surface area contributed by atoms with Gasteiger partial charge in [-0.15, -0.1) is 0 Å². The first-order valence-corrected chi connectivity index (χ1v) is 13.9. The van der Waals surface area contributed by atoms with Crippen LogP contribution in [-0.4, -0.2) is 15.5 Å². The van der Waals surface area contributed by atoms with Crippen molar-refractivity contribution in [2.24, 2.45) is 5.41 Å². The number of fused-ring (bicyclic) bond motifs is 1. The van der Waals surface area contributed by atoms with Gasteiger partial charge in [-0.1, -0.05) is 75.4 Å². The Bertz CT molecular complexity index is 1700. The summed E-state index contributed by atoms with van der Waals surface area (Å²) in [4.78, 5) is 31.8. The van der Waals surface area contributed by atoms with E-state index in [9.17, 15) is 9.59 Å². The number of nitrogens with one attached hydrogen (secondary N) is 1. The molecule has 4 aromatic carbocycles. The highest BCUT2D eigenvalue weighted by Gasteiger charge is 2.20. The highest BCUT2D eigenvalue weighted by molar-refractivity contribution is 5.94. The average molecular weight is 546 g/mol. The molecule has 1 N–H and O–H groups in total. The average Bonchev–Trinajstić information content (AvgIpc) is 2.96. The number of ether oxygens (including phenoxy) is 1. The number of rotatable bonds is 8.